The van der Waals surface area contributed by atoms with Gasteiger partial charge in [-0.1, -0.05) is 6.58 Å². The Bertz CT molecular complexity index is 1090. The van der Waals surface area contributed by atoms with Crippen LogP contribution in [0, 0.1) is 0 Å². The lowest BCUT2D eigenvalue weighted by molar-refractivity contribution is -0.127. The maximum absolute atomic E-state index is 12.2. The van der Waals surface area contributed by atoms with Gasteiger partial charge in [-0.2, -0.15) is 20.2 Å². The van der Waals surface area contributed by atoms with Crippen molar-refractivity contribution in [3.63, 3.8) is 0 Å². The topological polar surface area (TPSA) is 108 Å². The van der Waals surface area contributed by atoms with Crippen LogP contribution in [0.3, 0.4) is 0 Å². The lowest BCUT2D eigenvalue weighted by Gasteiger charge is -2.38. The van der Waals surface area contributed by atoms with Crippen LogP contribution in [0.25, 0.3) is 11.0 Å². The Morgan fingerprint density at radius 2 is 2.32 bits per heavy atom. The van der Waals surface area contributed by atoms with Gasteiger partial charge in [-0.25, -0.2) is 0 Å². The van der Waals surface area contributed by atoms with Crippen molar-refractivity contribution in [2.45, 2.75) is 37.4 Å². The van der Waals surface area contributed by atoms with Crippen LogP contribution in [0.1, 0.15) is 19.8 Å². The monoisotopic (exact) mass is 441 g/mol. The first-order chi connectivity index (χ1) is 15.0. The first-order valence-corrected chi connectivity index (χ1v) is 11.5. The van der Waals surface area contributed by atoms with E-state index in [4.69, 9.17) is 4.98 Å². The van der Waals surface area contributed by atoms with E-state index < -0.39 is 0 Å². The number of hydrogen-bond donors (Lipinski definition) is 2. The number of aryl methyl sites for hydroxylation is 1. The number of fused-ring (bicyclic) bond motifs is 1. The number of anilines is 3. The molecule has 1 saturated heterocycles. The molecule has 1 atom stereocenters. The summed E-state index contributed by atoms with van der Waals surface area (Å²) in [6.07, 6.45) is 8.94. The molecule has 1 unspecified atom stereocenters. The van der Waals surface area contributed by atoms with E-state index in [0.717, 1.165) is 47.8 Å². The van der Waals surface area contributed by atoms with E-state index in [2.05, 4.69) is 37.1 Å². The maximum Gasteiger partial charge on any atom is 0.246 e. The SMILES string of the molecule is C=CC(=O)N1CCCC(N(C)c2nc(Nc3cnn(CC)c3)nc3[nH]nc(SC)c23)C1. The van der Waals surface area contributed by atoms with E-state index in [0.29, 0.717) is 18.1 Å². The highest BCUT2D eigenvalue weighted by atomic mass is 32.2. The summed E-state index contributed by atoms with van der Waals surface area (Å²) in [6, 6.07) is 0.135. The van der Waals surface area contributed by atoms with Crippen LogP contribution >= 0.6 is 11.8 Å². The van der Waals surface area contributed by atoms with Crippen molar-refractivity contribution in [2.75, 3.05) is 36.6 Å². The number of nitrogens with zero attached hydrogens (tertiary/aromatic N) is 7. The molecule has 0 bridgehead atoms. The Morgan fingerprint density at radius 3 is 3.03 bits per heavy atom. The smallest absolute Gasteiger partial charge is 0.246 e. The minimum atomic E-state index is -0.0330. The summed E-state index contributed by atoms with van der Waals surface area (Å²) in [4.78, 5) is 25.6. The predicted octanol–water partition coefficient (Wildman–Crippen LogP) is 2.65. The summed E-state index contributed by atoms with van der Waals surface area (Å²) in [5, 5.41) is 16.7. The summed E-state index contributed by atoms with van der Waals surface area (Å²) in [5.74, 6) is 1.22. The van der Waals surface area contributed by atoms with E-state index in [-0.39, 0.29) is 11.9 Å². The van der Waals surface area contributed by atoms with E-state index >= 15 is 0 Å². The molecule has 1 aliphatic heterocycles. The normalized spacial score (nSPS) is 16.5. The summed E-state index contributed by atoms with van der Waals surface area (Å²) in [6.45, 7) is 7.83. The number of amides is 1. The number of nitrogens with one attached hydrogen (secondary N) is 2. The third kappa shape index (κ3) is 4.22. The Labute approximate surface area is 185 Å². The van der Waals surface area contributed by atoms with Gasteiger partial charge in [0.2, 0.25) is 11.9 Å². The minimum Gasteiger partial charge on any atom is -0.354 e. The van der Waals surface area contributed by atoms with Crippen molar-refractivity contribution < 1.29 is 4.79 Å². The number of H-pyrrole nitrogens is 1. The molecule has 0 saturated carbocycles. The van der Waals surface area contributed by atoms with Gasteiger partial charge in [0.05, 0.1) is 17.3 Å². The molecule has 4 heterocycles. The van der Waals surface area contributed by atoms with Crippen LogP contribution in [0.2, 0.25) is 0 Å². The summed E-state index contributed by atoms with van der Waals surface area (Å²) >= 11 is 1.55. The molecule has 1 fully saturated rings. The molecule has 0 radical (unpaired) electrons. The zero-order valence-electron chi connectivity index (χ0n) is 18.0. The van der Waals surface area contributed by atoms with E-state index in [1.807, 2.05) is 36.0 Å². The number of piperidine rings is 1. The Morgan fingerprint density at radius 1 is 1.48 bits per heavy atom. The Hall–Kier alpha value is -3.08. The van der Waals surface area contributed by atoms with Crippen LogP contribution in [0.15, 0.2) is 30.1 Å². The van der Waals surface area contributed by atoms with Gasteiger partial charge < -0.3 is 15.1 Å². The molecule has 0 spiro atoms. The predicted molar refractivity (Wildman–Crippen MR) is 123 cm³/mol. The van der Waals surface area contributed by atoms with Gasteiger partial charge in [0.1, 0.15) is 10.8 Å². The molecule has 1 aliphatic rings. The molecular weight excluding hydrogens is 414 g/mol. The van der Waals surface area contributed by atoms with Gasteiger partial charge in [0.15, 0.2) is 5.65 Å². The fourth-order valence-electron chi connectivity index (χ4n) is 3.85. The minimum absolute atomic E-state index is 0.0330. The number of thioether (sulfide) groups is 1. The van der Waals surface area contributed by atoms with Crippen molar-refractivity contribution in [1.82, 2.24) is 34.8 Å². The molecule has 11 heteroatoms. The van der Waals surface area contributed by atoms with Gasteiger partial charge in [-0.15, -0.1) is 11.8 Å². The van der Waals surface area contributed by atoms with E-state index in [1.165, 1.54) is 6.08 Å². The molecule has 10 nitrogen and oxygen atoms in total. The molecule has 2 N–H and O–H groups in total. The fraction of sp³-hybridized carbons (Fsp3) is 0.450. The number of hydrogen-bond acceptors (Lipinski definition) is 8. The van der Waals surface area contributed by atoms with Gasteiger partial charge in [-0.3, -0.25) is 14.6 Å². The molecule has 0 aromatic carbocycles. The number of rotatable bonds is 7. The summed E-state index contributed by atoms with van der Waals surface area (Å²) in [7, 11) is 2.02. The third-order valence-corrected chi connectivity index (χ3v) is 6.22. The van der Waals surface area contributed by atoms with Crippen molar-refractivity contribution in [1.29, 1.82) is 0 Å². The number of carbonyl (C=O) groups is 1. The first kappa shape index (κ1) is 21.2. The number of aromatic amines is 1. The number of carbonyl (C=O) groups excluding carboxylic acids is 1. The highest BCUT2D eigenvalue weighted by Gasteiger charge is 2.28. The molecule has 3 aromatic rings. The Kier molecular flexibility index (Phi) is 6.12. The zero-order valence-corrected chi connectivity index (χ0v) is 18.8. The lowest BCUT2D eigenvalue weighted by atomic mass is 10.0. The van der Waals surface area contributed by atoms with Crippen LogP contribution in [0.4, 0.5) is 17.5 Å². The summed E-state index contributed by atoms with van der Waals surface area (Å²) in [5.41, 5.74) is 1.49. The van der Waals surface area contributed by atoms with Crippen molar-refractivity contribution in [3.05, 3.63) is 25.0 Å². The molecule has 3 aromatic heterocycles. The van der Waals surface area contributed by atoms with E-state index in [1.54, 1.807) is 18.0 Å². The zero-order chi connectivity index (χ0) is 22.0. The van der Waals surface area contributed by atoms with Gasteiger partial charge >= 0.3 is 0 Å². The fourth-order valence-corrected chi connectivity index (χ4v) is 4.38. The highest BCUT2D eigenvalue weighted by Crippen LogP contribution is 2.33. The molecule has 4 rings (SSSR count). The standard InChI is InChI=1S/C20H27N9OS/c1-5-15(30)28-9-7-8-14(12-28)27(3)18-16-17(25-26-19(16)31-4)23-20(24-18)22-13-10-21-29(6-2)11-13/h5,10-11,14H,1,6-9,12H2,2-4H3,(H2,22,23,24,25,26). The van der Waals surface area contributed by atoms with E-state index in [9.17, 15) is 4.79 Å². The van der Waals surface area contributed by atoms with Crippen LogP contribution in [-0.2, 0) is 11.3 Å². The second kappa shape index (κ2) is 8.96. The Balaban J connectivity index is 1.69. The third-order valence-electron chi connectivity index (χ3n) is 5.54. The van der Waals surface area contributed by atoms with Crippen molar-refractivity contribution in [2.24, 2.45) is 0 Å². The highest BCUT2D eigenvalue weighted by molar-refractivity contribution is 7.98. The van der Waals surface area contributed by atoms with Crippen LogP contribution in [-0.4, -0.2) is 73.2 Å². The molecule has 164 valence electrons. The molecule has 0 aliphatic carbocycles. The molecular formula is C20H27N9OS. The molecule has 1 amide bonds. The summed E-state index contributed by atoms with van der Waals surface area (Å²) < 4.78 is 1.84. The number of likely N-dealkylation sites (N-methyl/N-ethyl adjacent to an activating group) is 1. The molecule has 31 heavy (non-hydrogen) atoms. The van der Waals surface area contributed by atoms with Crippen molar-refractivity contribution in [3.8, 4) is 0 Å². The average molecular weight is 442 g/mol. The second-order valence-corrected chi connectivity index (χ2v) is 8.23. The van der Waals surface area contributed by atoms with Crippen molar-refractivity contribution >= 4 is 46.2 Å². The lowest BCUT2D eigenvalue weighted by Crippen LogP contribution is -2.48. The van der Waals surface area contributed by atoms with Crippen LogP contribution in [0.5, 0.6) is 0 Å². The largest absolute Gasteiger partial charge is 0.354 e. The average Bonchev–Trinajstić information content (AvgIpc) is 3.44. The van der Waals surface area contributed by atoms with Gasteiger partial charge in [0, 0.05) is 38.9 Å². The maximum atomic E-state index is 12.2. The second-order valence-electron chi connectivity index (χ2n) is 7.43. The number of aromatic nitrogens is 6. The quantitative estimate of drug-likeness (QED) is 0.426. The van der Waals surface area contributed by atoms with Gasteiger partial charge in [0.25, 0.3) is 0 Å². The van der Waals surface area contributed by atoms with Crippen LogP contribution < -0.4 is 10.2 Å². The van der Waals surface area contributed by atoms with Gasteiger partial charge in [-0.05, 0) is 32.1 Å². The first-order valence-electron chi connectivity index (χ1n) is 10.3. The number of likely N-dealkylation sites (tertiary alicyclic amines) is 1.